The number of nitrogens with zero attached hydrogens (tertiary/aromatic N) is 1. The molecule has 3 heteroatoms. The predicted molar refractivity (Wildman–Crippen MR) is 69.9 cm³/mol. The van der Waals surface area contributed by atoms with Crippen LogP contribution in [0, 0.1) is 6.92 Å². The van der Waals surface area contributed by atoms with E-state index in [0.29, 0.717) is 6.04 Å². The summed E-state index contributed by atoms with van der Waals surface area (Å²) in [6, 6.07) is 6.72. The molecule has 84 valence electrons. The van der Waals surface area contributed by atoms with Gasteiger partial charge in [-0.25, -0.2) is 0 Å². The van der Waals surface area contributed by atoms with Gasteiger partial charge in [-0.05, 0) is 36.4 Å². The fourth-order valence-electron chi connectivity index (χ4n) is 1.69. The zero-order chi connectivity index (χ0) is 11.4. The molecule has 0 radical (unpaired) electrons. The van der Waals surface area contributed by atoms with E-state index in [2.05, 4.69) is 41.7 Å². The maximum absolute atomic E-state index is 4.10. The van der Waals surface area contributed by atoms with E-state index in [-0.39, 0.29) is 0 Å². The molecule has 0 saturated carbocycles. The van der Waals surface area contributed by atoms with Gasteiger partial charge in [0.1, 0.15) is 0 Å². The highest BCUT2D eigenvalue weighted by Gasteiger charge is 2.10. The first-order valence-electron chi connectivity index (χ1n) is 5.51. The van der Waals surface area contributed by atoms with Crippen molar-refractivity contribution in [3.63, 3.8) is 0 Å². The van der Waals surface area contributed by atoms with Crippen molar-refractivity contribution in [1.29, 1.82) is 0 Å². The minimum atomic E-state index is 0.404. The number of nitrogens with one attached hydrogen (secondary N) is 1. The number of hydrogen-bond acceptors (Lipinski definition) is 3. The van der Waals surface area contributed by atoms with Crippen molar-refractivity contribution >= 4 is 17.0 Å². The highest BCUT2D eigenvalue weighted by atomic mass is 32.1. The summed E-state index contributed by atoms with van der Waals surface area (Å²) in [6.45, 7) is 4.28. The SMILES string of the molecule is CCC(Nc1ccncc1C)c1cccs1. The Morgan fingerprint density at radius 1 is 1.44 bits per heavy atom. The maximum Gasteiger partial charge on any atom is 0.0604 e. The summed E-state index contributed by atoms with van der Waals surface area (Å²) < 4.78 is 0. The van der Waals surface area contributed by atoms with Crippen LogP contribution in [0.3, 0.4) is 0 Å². The Kier molecular flexibility index (Phi) is 3.57. The van der Waals surface area contributed by atoms with Crippen molar-refractivity contribution in [3.05, 3.63) is 46.4 Å². The molecule has 0 bridgehead atoms. The van der Waals surface area contributed by atoms with Crippen LogP contribution < -0.4 is 5.32 Å². The fraction of sp³-hybridized carbons (Fsp3) is 0.308. The first-order valence-corrected chi connectivity index (χ1v) is 6.39. The molecule has 0 amide bonds. The number of anilines is 1. The van der Waals surface area contributed by atoms with E-state index in [1.54, 1.807) is 11.3 Å². The maximum atomic E-state index is 4.10. The van der Waals surface area contributed by atoms with Crippen LogP contribution in [0.4, 0.5) is 5.69 Å². The molecule has 2 aromatic heterocycles. The zero-order valence-electron chi connectivity index (χ0n) is 9.60. The molecule has 0 aromatic carbocycles. The zero-order valence-corrected chi connectivity index (χ0v) is 10.4. The van der Waals surface area contributed by atoms with Crippen molar-refractivity contribution in [2.75, 3.05) is 5.32 Å². The Hall–Kier alpha value is -1.35. The second kappa shape index (κ2) is 5.12. The van der Waals surface area contributed by atoms with Crippen LogP contribution in [0.1, 0.15) is 29.8 Å². The minimum absolute atomic E-state index is 0.404. The lowest BCUT2D eigenvalue weighted by molar-refractivity contribution is 0.762. The van der Waals surface area contributed by atoms with Crippen molar-refractivity contribution in [2.24, 2.45) is 0 Å². The smallest absolute Gasteiger partial charge is 0.0604 e. The molecule has 2 aromatic rings. The molecular formula is C13H16N2S. The molecule has 1 unspecified atom stereocenters. The number of hydrogen-bond donors (Lipinski definition) is 1. The van der Waals surface area contributed by atoms with Crippen LogP contribution in [-0.4, -0.2) is 4.98 Å². The van der Waals surface area contributed by atoms with Gasteiger partial charge in [0.2, 0.25) is 0 Å². The summed E-state index contributed by atoms with van der Waals surface area (Å²) in [4.78, 5) is 5.49. The minimum Gasteiger partial charge on any atom is -0.377 e. The Bertz CT molecular complexity index is 437. The summed E-state index contributed by atoms with van der Waals surface area (Å²) in [5.41, 5.74) is 2.37. The van der Waals surface area contributed by atoms with E-state index in [1.807, 2.05) is 18.5 Å². The lowest BCUT2D eigenvalue weighted by atomic mass is 10.1. The normalized spacial score (nSPS) is 12.4. The first kappa shape index (κ1) is 11.1. The molecule has 0 spiro atoms. The second-order valence-corrected chi connectivity index (χ2v) is 4.79. The third-order valence-corrected chi connectivity index (χ3v) is 3.63. The summed E-state index contributed by atoms with van der Waals surface area (Å²) in [7, 11) is 0. The number of aryl methyl sites for hydroxylation is 1. The third-order valence-electron chi connectivity index (χ3n) is 2.64. The van der Waals surface area contributed by atoms with Gasteiger partial charge in [-0.3, -0.25) is 4.98 Å². The van der Waals surface area contributed by atoms with Gasteiger partial charge >= 0.3 is 0 Å². The van der Waals surface area contributed by atoms with E-state index >= 15 is 0 Å². The predicted octanol–water partition coefficient (Wildman–Crippen LogP) is 4.01. The van der Waals surface area contributed by atoms with Gasteiger partial charge in [0.15, 0.2) is 0 Å². The van der Waals surface area contributed by atoms with Gasteiger partial charge in [-0.15, -0.1) is 11.3 Å². The average molecular weight is 232 g/mol. The van der Waals surface area contributed by atoms with Gasteiger partial charge in [0.05, 0.1) is 6.04 Å². The molecule has 16 heavy (non-hydrogen) atoms. The number of thiophene rings is 1. The van der Waals surface area contributed by atoms with E-state index in [0.717, 1.165) is 6.42 Å². The highest BCUT2D eigenvalue weighted by Crippen LogP contribution is 2.27. The molecule has 0 aliphatic rings. The largest absolute Gasteiger partial charge is 0.377 e. The first-order chi connectivity index (χ1) is 7.81. The molecule has 2 rings (SSSR count). The van der Waals surface area contributed by atoms with E-state index in [1.165, 1.54) is 16.1 Å². The average Bonchev–Trinajstić information content (AvgIpc) is 2.81. The monoisotopic (exact) mass is 232 g/mol. The second-order valence-electron chi connectivity index (χ2n) is 3.81. The van der Waals surface area contributed by atoms with Crippen molar-refractivity contribution in [3.8, 4) is 0 Å². The van der Waals surface area contributed by atoms with E-state index < -0.39 is 0 Å². The third kappa shape index (κ3) is 2.42. The lowest BCUT2D eigenvalue weighted by Gasteiger charge is -2.18. The van der Waals surface area contributed by atoms with Crippen molar-refractivity contribution in [2.45, 2.75) is 26.3 Å². The fourth-order valence-corrected chi connectivity index (χ4v) is 2.55. The van der Waals surface area contributed by atoms with Crippen LogP contribution >= 0.6 is 11.3 Å². The molecule has 0 saturated heterocycles. The van der Waals surface area contributed by atoms with Gasteiger partial charge < -0.3 is 5.32 Å². The van der Waals surface area contributed by atoms with Crippen molar-refractivity contribution in [1.82, 2.24) is 4.98 Å². The van der Waals surface area contributed by atoms with Gasteiger partial charge in [0.25, 0.3) is 0 Å². The Labute approximate surface area is 100 Å². The van der Waals surface area contributed by atoms with E-state index in [9.17, 15) is 0 Å². The van der Waals surface area contributed by atoms with Crippen molar-refractivity contribution < 1.29 is 0 Å². The topological polar surface area (TPSA) is 24.9 Å². The highest BCUT2D eigenvalue weighted by molar-refractivity contribution is 7.10. The van der Waals surface area contributed by atoms with Gasteiger partial charge in [-0.1, -0.05) is 13.0 Å². The Morgan fingerprint density at radius 2 is 2.31 bits per heavy atom. The summed E-state index contributed by atoms with van der Waals surface area (Å²) in [6.07, 6.45) is 4.81. The van der Waals surface area contributed by atoms with Crippen LogP contribution in [0.2, 0.25) is 0 Å². The van der Waals surface area contributed by atoms with Crippen LogP contribution in [0.15, 0.2) is 36.0 Å². The van der Waals surface area contributed by atoms with Crippen LogP contribution in [0.25, 0.3) is 0 Å². The van der Waals surface area contributed by atoms with E-state index in [4.69, 9.17) is 0 Å². The summed E-state index contributed by atoms with van der Waals surface area (Å²) in [5, 5.41) is 5.69. The Morgan fingerprint density at radius 3 is 2.94 bits per heavy atom. The molecule has 0 fully saturated rings. The molecule has 0 aliphatic heterocycles. The summed E-state index contributed by atoms with van der Waals surface area (Å²) in [5.74, 6) is 0. The molecular weight excluding hydrogens is 216 g/mol. The van der Waals surface area contributed by atoms with Crippen LogP contribution in [0.5, 0.6) is 0 Å². The quantitative estimate of drug-likeness (QED) is 0.861. The number of aromatic nitrogens is 1. The molecule has 1 atom stereocenters. The molecule has 0 aliphatic carbocycles. The molecule has 1 N–H and O–H groups in total. The van der Waals surface area contributed by atoms with Crippen LogP contribution in [-0.2, 0) is 0 Å². The number of rotatable bonds is 4. The van der Waals surface area contributed by atoms with Gasteiger partial charge in [-0.2, -0.15) is 0 Å². The number of pyridine rings is 1. The van der Waals surface area contributed by atoms with Gasteiger partial charge in [0, 0.05) is 23.0 Å². The molecule has 2 heterocycles. The standard InChI is InChI=1S/C13H16N2S/c1-3-11(13-5-4-8-16-13)15-12-6-7-14-9-10(12)2/h4-9,11H,3H2,1-2H3,(H,14,15). The molecule has 2 nitrogen and oxygen atoms in total. The lowest BCUT2D eigenvalue weighted by Crippen LogP contribution is -2.09. The summed E-state index contributed by atoms with van der Waals surface area (Å²) >= 11 is 1.80. The Balaban J connectivity index is 2.17.